The molecule has 0 aromatic heterocycles. The van der Waals surface area contributed by atoms with E-state index in [1.54, 1.807) is 13.0 Å². The van der Waals surface area contributed by atoms with Gasteiger partial charge in [0.05, 0.1) is 23.5 Å². The highest BCUT2D eigenvalue weighted by Gasteiger charge is 2.27. The Morgan fingerprint density at radius 3 is 3.00 bits per heavy atom. The summed E-state index contributed by atoms with van der Waals surface area (Å²) >= 11 is 1.89. The molecule has 1 aromatic rings. The molecule has 1 aliphatic carbocycles. The summed E-state index contributed by atoms with van der Waals surface area (Å²) < 4.78 is 5.03. The number of carbonyl (C=O) groups excluding carboxylic acids is 1. The van der Waals surface area contributed by atoms with Crippen LogP contribution in [-0.4, -0.2) is 30.1 Å². The second-order valence-electron chi connectivity index (χ2n) is 4.94. The molecule has 5 heteroatoms. The van der Waals surface area contributed by atoms with E-state index in [1.165, 1.54) is 12.8 Å². The predicted octanol–water partition coefficient (Wildman–Crippen LogP) is 3.14. The van der Waals surface area contributed by atoms with Gasteiger partial charge in [0.25, 0.3) is 0 Å². The maximum Gasteiger partial charge on any atom is 0.340 e. The number of nitrogen functional groups attached to an aromatic ring is 1. The Hall–Kier alpha value is -1.36. The van der Waals surface area contributed by atoms with Crippen LogP contribution in [0.25, 0.3) is 0 Å². The summed E-state index contributed by atoms with van der Waals surface area (Å²) in [4.78, 5) is 11.8. The zero-order valence-electron chi connectivity index (χ0n) is 12.0. The van der Waals surface area contributed by atoms with E-state index in [4.69, 9.17) is 10.5 Å². The number of hydrogen-bond donors (Lipinski definition) is 2. The molecule has 2 unspecified atom stereocenters. The number of hydrogen-bond acceptors (Lipinski definition) is 5. The Kier molecular flexibility index (Phi) is 5.17. The zero-order chi connectivity index (χ0) is 14.5. The average Bonchev–Trinajstić information content (AvgIpc) is 2.88. The number of thioether (sulfide) groups is 1. The highest BCUT2D eigenvalue weighted by Crippen LogP contribution is 2.33. The Balaban J connectivity index is 2.16. The van der Waals surface area contributed by atoms with Gasteiger partial charge in [-0.15, -0.1) is 0 Å². The van der Waals surface area contributed by atoms with Crippen molar-refractivity contribution in [2.75, 3.05) is 23.9 Å². The molecule has 0 saturated heterocycles. The van der Waals surface area contributed by atoms with E-state index in [-0.39, 0.29) is 5.97 Å². The zero-order valence-corrected chi connectivity index (χ0v) is 12.8. The van der Waals surface area contributed by atoms with Crippen LogP contribution in [0.1, 0.15) is 36.5 Å². The van der Waals surface area contributed by atoms with Gasteiger partial charge in [-0.1, -0.05) is 12.5 Å². The van der Waals surface area contributed by atoms with Crippen molar-refractivity contribution in [1.82, 2.24) is 0 Å². The number of nitrogens with one attached hydrogen (secondary N) is 1. The predicted molar refractivity (Wildman–Crippen MR) is 85.4 cm³/mol. The van der Waals surface area contributed by atoms with Gasteiger partial charge >= 0.3 is 5.97 Å². The third-order valence-electron chi connectivity index (χ3n) is 3.70. The Bertz CT molecular complexity index is 479. The van der Waals surface area contributed by atoms with Crippen molar-refractivity contribution in [2.45, 2.75) is 37.5 Å². The monoisotopic (exact) mass is 294 g/mol. The van der Waals surface area contributed by atoms with Gasteiger partial charge in [0, 0.05) is 11.3 Å². The first-order chi connectivity index (χ1) is 9.67. The van der Waals surface area contributed by atoms with Gasteiger partial charge in [0.2, 0.25) is 0 Å². The van der Waals surface area contributed by atoms with Crippen LogP contribution < -0.4 is 11.1 Å². The Morgan fingerprint density at radius 1 is 1.50 bits per heavy atom. The SMILES string of the molecule is CCOC(=O)c1cccc(NC2CCCC2SC)c1N. The maximum atomic E-state index is 11.8. The van der Waals surface area contributed by atoms with Gasteiger partial charge in [-0.3, -0.25) is 0 Å². The van der Waals surface area contributed by atoms with Crippen molar-refractivity contribution in [2.24, 2.45) is 0 Å². The summed E-state index contributed by atoms with van der Waals surface area (Å²) in [7, 11) is 0. The molecule has 4 nitrogen and oxygen atoms in total. The lowest BCUT2D eigenvalue weighted by Crippen LogP contribution is -2.26. The number of carbonyl (C=O) groups is 1. The highest BCUT2D eigenvalue weighted by molar-refractivity contribution is 7.99. The minimum Gasteiger partial charge on any atom is -0.462 e. The lowest BCUT2D eigenvalue weighted by molar-refractivity contribution is 0.0527. The van der Waals surface area contributed by atoms with Crippen molar-refractivity contribution in [3.05, 3.63) is 23.8 Å². The highest BCUT2D eigenvalue weighted by atomic mass is 32.2. The van der Waals surface area contributed by atoms with E-state index < -0.39 is 0 Å². The fraction of sp³-hybridized carbons (Fsp3) is 0.533. The summed E-state index contributed by atoms with van der Waals surface area (Å²) in [6, 6.07) is 5.89. The molecule has 0 heterocycles. The lowest BCUT2D eigenvalue weighted by atomic mass is 10.1. The first kappa shape index (κ1) is 15.0. The molecule has 110 valence electrons. The maximum absolute atomic E-state index is 11.8. The molecule has 0 aliphatic heterocycles. The molecule has 0 bridgehead atoms. The second-order valence-corrected chi connectivity index (χ2v) is 6.02. The fourth-order valence-electron chi connectivity index (χ4n) is 2.65. The third-order valence-corrected chi connectivity index (χ3v) is 4.87. The van der Waals surface area contributed by atoms with E-state index >= 15 is 0 Å². The van der Waals surface area contributed by atoms with E-state index in [1.807, 2.05) is 23.9 Å². The molecule has 2 rings (SSSR count). The van der Waals surface area contributed by atoms with Crippen LogP contribution in [0.3, 0.4) is 0 Å². The van der Waals surface area contributed by atoms with Crippen LogP contribution in [0.4, 0.5) is 11.4 Å². The normalized spacial score (nSPS) is 21.7. The van der Waals surface area contributed by atoms with Crippen LogP contribution in [-0.2, 0) is 4.74 Å². The molecule has 0 spiro atoms. The Labute approximate surface area is 124 Å². The lowest BCUT2D eigenvalue weighted by Gasteiger charge is -2.22. The molecular weight excluding hydrogens is 272 g/mol. The molecule has 1 saturated carbocycles. The quantitative estimate of drug-likeness (QED) is 0.645. The van der Waals surface area contributed by atoms with Crippen molar-refractivity contribution >= 4 is 29.1 Å². The molecule has 1 aromatic carbocycles. The first-order valence-corrected chi connectivity index (χ1v) is 8.31. The molecule has 1 aliphatic rings. The summed E-state index contributed by atoms with van der Waals surface area (Å²) in [5, 5.41) is 4.11. The van der Waals surface area contributed by atoms with Crippen molar-refractivity contribution in [1.29, 1.82) is 0 Å². The van der Waals surface area contributed by atoms with E-state index in [0.717, 1.165) is 12.1 Å². The van der Waals surface area contributed by atoms with Gasteiger partial charge in [-0.25, -0.2) is 4.79 Å². The first-order valence-electron chi connectivity index (χ1n) is 7.02. The average molecular weight is 294 g/mol. The third kappa shape index (κ3) is 3.20. The van der Waals surface area contributed by atoms with Gasteiger partial charge in [0.1, 0.15) is 0 Å². The molecular formula is C15H22N2O2S. The number of anilines is 2. The largest absolute Gasteiger partial charge is 0.462 e. The topological polar surface area (TPSA) is 64.3 Å². The molecule has 3 N–H and O–H groups in total. The smallest absolute Gasteiger partial charge is 0.340 e. The van der Waals surface area contributed by atoms with Crippen LogP contribution >= 0.6 is 11.8 Å². The Morgan fingerprint density at radius 2 is 2.30 bits per heavy atom. The molecule has 0 radical (unpaired) electrons. The van der Waals surface area contributed by atoms with Crippen molar-refractivity contribution in [3.63, 3.8) is 0 Å². The van der Waals surface area contributed by atoms with Crippen molar-refractivity contribution in [3.8, 4) is 0 Å². The van der Waals surface area contributed by atoms with Crippen LogP contribution in [0, 0.1) is 0 Å². The van der Waals surface area contributed by atoms with E-state index in [9.17, 15) is 4.79 Å². The van der Waals surface area contributed by atoms with Gasteiger partial charge in [-0.05, 0) is 38.2 Å². The van der Waals surface area contributed by atoms with Crippen LogP contribution in [0.2, 0.25) is 0 Å². The van der Waals surface area contributed by atoms with Crippen LogP contribution in [0.15, 0.2) is 18.2 Å². The number of benzene rings is 1. The standard InChI is InChI=1S/C15H22N2O2S/c1-3-19-15(18)10-6-4-8-12(14(10)16)17-11-7-5-9-13(11)20-2/h4,6,8,11,13,17H,3,5,7,9,16H2,1-2H3. The number of nitrogens with two attached hydrogens (primary N) is 1. The minimum absolute atomic E-state index is 0.354. The van der Waals surface area contributed by atoms with Gasteiger partial charge < -0.3 is 15.8 Å². The molecule has 2 atom stereocenters. The number of ether oxygens (including phenoxy) is 1. The fourth-order valence-corrected chi connectivity index (χ4v) is 3.59. The molecule has 0 amide bonds. The second kappa shape index (κ2) is 6.88. The van der Waals surface area contributed by atoms with Crippen LogP contribution in [0.5, 0.6) is 0 Å². The number of esters is 1. The molecule has 20 heavy (non-hydrogen) atoms. The summed E-state index contributed by atoms with van der Waals surface area (Å²) in [6.45, 7) is 2.14. The number of para-hydroxylation sites is 1. The summed E-state index contributed by atoms with van der Waals surface area (Å²) in [6.07, 6.45) is 5.76. The van der Waals surface area contributed by atoms with Gasteiger partial charge in [-0.2, -0.15) is 11.8 Å². The number of rotatable bonds is 5. The van der Waals surface area contributed by atoms with E-state index in [2.05, 4.69) is 11.6 Å². The minimum atomic E-state index is -0.360. The summed E-state index contributed by atoms with van der Waals surface area (Å²) in [5.41, 5.74) is 7.87. The summed E-state index contributed by atoms with van der Waals surface area (Å²) in [5.74, 6) is -0.360. The molecule has 1 fully saturated rings. The van der Waals surface area contributed by atoms with Crippen molar-refractivity contribution < 1.29 is 9.53 Å². The van der Waals surface area contributed by atoms with E-state index in [0.29, 0.717) is 29.1 Å². The van der Waals surface area contributed by atoms with Gasteiger partial charge in [0.15, 0.2) is 0 Å².